The van der Waals surface area contributed by atoms with Crippen molar-refractivity contribution in [1.29, 1.82) is 0 Å². The van der Waals surface area contributed by atoms with E-state index in [0.717, 1.165) is 25.1 Å². The third-order valence-electron chi connectivity index (χ3n) is 3.87. The molecule has 0 amide bonds. The van der Waals surface area contributed by atoms with Crippen LogP contribution < -0.4 is 5.32 Å². The second-order valence-corrected chi connectivity index (χ2v) is 6.78. The Labute approximate surface area is 134 Å². The van der Waals surface area contributed by atoms with E-state index in [1.54, 1.807) is 6.20 Å². The molecule has 0 aromatic carbocycles. The molecule has 0 unspecified atom stereocenters. The van der Waals surface area contributed by atoms with Crippen LogP contribution in [0, 0.1) is 6.92 Å². The van der Waals surface area contributed by atoms with Gasteiger partial charge in [0.1, 0.15) is 0 Å². The van der Waals surface area contributed by atoms with Crippen LogP contribution in [0.25, 0.3) is 0 Å². The number of nitrogens with one attached hydrogen (secondary N) is 1. The van der Waals surface area contributed by atoms with Crippen molar-refractivity contribution < 1.29 is 4.79 Å². The molecule has 2 heterocycles. The number of hydrogen-bond donors (Lipinski definition) is 1. The van der Waals surface area contributed by atoms with Crippen molar-refractivity contribution in [3.8, 4) is 0 Å². The fourth-order valence-corrected chi connectivity index (χ4v) is 3.85. The molecule has 6 heteroatoms. The molecule has 1 aliphatic carbocycles. The van der Waals surface area contributed by atoms with E-state index in [9.17, 15) is 4.79 Å². The normalized spacial score (nSPS) is 13.7. The maximum atomic E-state index is 11.4. The zero-order valence-corrected chi connectivity index (χ0v) is 13.8. The summed E-state index contributed by atoms with van der Waals surface area (Å²) < 4.78 is 0. The number of ketones is 1. The molecule has 0 spiro atoms. The number of aryl methyl sites for hydroxylation is 3. The van der Waals surface area contributed by atoms with Crippen molar-refractivity contribution in [2.45, 2.75) is 46.0 Å². The minimum absolute atomic E-state index is 0.00239. The van der Waals surface area contributed by atoms with Crippen molar-refractivity contribution in [2.24, 2.45) is 0 Å². The van der Waals surface area contributed by atoms with E-state index in [1.807, 2.05) is 18.3 Å². The summed E-state index contributed by atoms with van der Waals surface area (Å²) in [5.41, 5.74) is 2.61. The lowest BCUT2D eigenvalue weighted by atomic mass is 10.0. The van der Waals surface area contributed by atoms with Crippen LogP contribution in [0.15, 0.2) is 6.20 Å². The molecule has 0 saturated carbocycles. The summed E-state index contributed by atoms with van der Waals surface area (Å²) in [6.45, 7) is 4.12. The van der Waals surface area contributed by atoms with Gasteiger partial charge in [-0.1, -0.05) is 0 Å². The van der Waals surface area contributed by atoms with E-state index in [-0.39, 0.29) is 5.78 Å². The smallest absolute Gasteiger partial charge is 0.222 e. The molecule has 0 fully saturated rings. The van der Waals surface area contributed by atoms with Gasteiger partial charge in [0, 0.05) is 24.0 Å². The van der Waals surface area contributed by atoms with Gasteiger partial charge in [-0.05, 0) is 39.5 Å². The molecule has 2 aromatic rings. The van der Waals surface area contributed by atoms with Gasteiger partial charge < -0.3 is 5.32 Å². The van der Waals surface area contributed by atoms with E-state index in [1.165, 1.54) is 41.8 Å². The first-order chi connectivity index (χ1) is 10.6. The van der Waals surface area contributed by atoms with Gasteiger partial charge >= 0.3 is 0 Å². The Morgan fingerprint density at radius 2 is 2.14 bits per heavy atom. The number of hydrogen-bond acceptors (Lipinski definition) is 6. The van der Waals surface area contributed by atoms with Crippen LogP contribution in [0.3, 0.4) is 0 Å². The Hall–Kier alpha value is -1.82. The number of aromatic nitrogens is 3. The summed E-state index contributed by atoms with van der Waals surface area (Å²) in [6, 6.07) is 0. The quantitative estimate of drug-likeness (QED) is 0.859. The van der Waals surface area contributed by atoms with Gasteiger partial charge in [-0.3, -0.25) is 4.79 Å². The Balaban J connectivity index is 1.58. The molecule has 0 atom stereocenters. The molecule has 0 radical (unpaired) electrons. The summed E-state index contributed by atoms with van der Waals surface area (Å²) >= 11 is 1.84. The summed E-state index contributed by atoms with van der Waals surface area (Å²) in [5, 5.41) is 4.40. The van der Waals surface area contributed by atoms with Gasteiger partial charge in [-0.2, -0.15) is 0 Å². The van der Waals surface area contributed by atoms with Crippen LogP contribution in [-0.2, 0) is 19.3 Å². The standard InChI is InChI=1S/C16H20N4OS/c1-10-12(11(2)21)9-18-16(19-10)17-8-7-15-20-13-5-3-4-6-14(13)22-15/h9H,3-8H2,1-2H3,(H,17,18,19). The first-order valence-corrected chi connectivity index (χ1v) is 8.51. The summed E-state index contributed by atoms with van der Waals surface area (Å²) in [7, 11) is 0. The van der Waals surface area contributed by atoms with Crippen molar-refractivity contribution in [1.82, 2.24) is 15.0 Å². The highest BCUT2D eigenvalue weighted by atomic mass is 32.1. The Morgan fingerprint density at radius 3 is 2.86 bits per heavy atom. The first-order valence-electron chi connectivity index (χ1n) is 7.69. The minimum atomic E-state index is -0.00239. The highest BCUT2D eigenvalue weighted by molar-refractivity contribution is 7.11. The first kappa shape index (κ1) is 15.1. The van der Waals surface area contributed by atoms with Crippen molar-refractivity contribution in [2.75, 3.05) is 11.9 Å². The largest absolute Gasteiger partial charge is 0.354 e. The number of carbonyl (C=O) groups is 1. The number of thiazole rings is 1. The number of nitrogens with zero attached hydrogens (tertiary/aromatic N) is 3. The van der Waals surface area contributed by atoms with Gasteiger partial charge in [-0.15, -0.1) is 11.3 Å². The lowest BCUT2D eigenvalue weighted by Crippen LogP contribution is -2.10. The lowest BCUT2D eigenvalue weighted by molar-refractivity contribution is 0.101. The zero-order valence-electron chi connectivity index (χ0n) is 13.0. The van der Waals surface area contributed by atoms with Crippen molar-refractivity contribution in [3.63, 3.8) is 0 Å². The number of rotatable bonds is 5. The van der Waals surface area contributed by atoms with Crippen LogP contribution in [0.4, 0.5) is 5.95 Å². The molecule has 3 rings (SSSR count). The molecule has 2 aromatic heterocycles. The van der Waals surface area contributed by atoms with Crippen LogP contribution in [0.5, 0.6) is 0 Å². The molecule has 0 bridgehead atoms. The molecule has 5 nitrogen and oxygen atoms in total. The molecule has 0 aliphatic heterocycles. The molecule has 22 heavy (non-hydrogen) atoms. The summed E-state index contributed by atoms with van der Waals surface area (Å²) in [4.78, 5) is 26.1. The molecule has 116 valence electrons. The third kappa shape index (κ3) is 3.32. The predicted molar refractivity (Wildman–Crippen MR) is 87.7 cm³/mol. The predicted octanol–water partition coefficient (Wildman–Crippen LogP) is 2.98. The van der Waals surface area contributed by atoms with Crippen LogP contribution in [0.1, 0.15) is 51.4 Å². The van der Waals surface area contributed by atoms with Gasteiger partial charge in [0.05, 0.1) is 22.0 Å². The van der Waals surface area contributed by atoms with E-state index in [4.69, 9.17) is 4.98 Å². The fourth-order valence-electron chi connectivity index (χ4n) is 2.69. The molecule has 0 saturated heterocycles. The topological polar surface area (TPSA) is 67.8 Å². The molecular formula is C16H20N4OS. The van der Waals surface area contributed by atoms with Gasteiger partial charge in [-0.25, -0.2) is 15.0 Å². The lowest BCUT2D eigenvalue weighted by Gasteiger charge is -2.06. The summed E-state index contributed by atoms with van der Waals surface area (Å²) in [5.74, 6) is 0.571. The van der Waals surface area contributed by atoms with E-state index in [2.05, 4.69) is 15.3 Å². The molecular weight excluding hydrogens is 296 g/mol. The summed E-state index contributed by atoms with van der Waals surface area (Å²) in [6.07, 6.45) is 7.36. The van der Waals surface area contributed by atoms with E-state index < -0.39 is 0 Å². The van der Waals surface area contributed by atoms with Crippen LogP contribution in [-0.4, -0.2) is 27.3 Å². The minimum Gasteiger partial charge on any atom is -0.354 e. The van der Waals surface area contributed by atoms with Crippen LogP contribution in [0.2, 0.25) is 0 Å². The number of fused-ring (bicyclic) bond motifs is 1. The Morgan fingerprint density at radius 1 is 1.32 bits per heavy atom. The van der Waals surface area contributed by atoms with Crippen molar-refractivity contribution in [3.05, 3.63) is 33.0 Å². The Bertz CT molecular complexity index is 672. The zero-order chi connectivity index (χ0) is 15.5. The second-order valence-electron chi connectivity index (χ2n) is 5.61. The average molecular weight is 316 g/mol. The highest BCUT2D eigenvalue weighted by Gasteiger charge is 2.14. The molecule has 1 N–H and O–H groups in total. The Kier molecular flexibility index (Phi) is 4.47. The third-order valence-corrected chi connectivity index (χ3v) is 5.09. The number of anilines is 1. The van der Waals surface area contributed by atoms with Crippen molar-refractivity contribution >= 4 is 23.1 Å². The highest BCUT2D eigenvalue weighted by Crippen LogP contribution is 2.26. The molecule has 1 aliphatic rings. The van der Waals surface area contributed by atoms with E-state index >= 15 is 0 Å². The monoisotopic (exact) mass is 316 g/mol. The van der Waals surface area contributed by atoms with E-state index in [0.29, 0.717) is 11.5 Å². The average Bonchev–Trinajstić information content (AvgIpc) is 2.89. The van der Waals surface area contributed by atoms with Crippen LogP contribution >= 0.6 is 11.3 Å². The number of Topliss-reactive ketones (excluding diaryl/α,β-unsaturated/α-hetero) is 1. The second kappa shape index (κ2) is 6.52. The van der Waals surface area contributed by atoms with Gasteiger partial charge in [0.2, 0.25) is 5.95 Å². The van der Waals surface area contributed by atoms with Gasteiger partial charge in [0.15, 0.2) is 5.78 Å². The fraction of sp³-hybridized carbons (Fsp3) is 0.500. The van der Waals surface area contributed by atoms with Gasteiger partial charge in [0.25, 0.3) is 0 Å². The maximum absolute atomic E-state index is 11.4. The maximum Gasteiger partial charge on any atom is 0.222 e. The SMILES string of the molecule is CC(=O)c1cnc(NCCc2nc3c(s2)CCCC3)nc1C. The number of carbonyl (C=O) groups excluding carboxylic acids is 1.